The van der Waals surface area contributed by atoms with E-state index in [0.29, 0.717) is 12.1 Å². The maximum absolute atomic E-state index is 8.98. The normalized spacial score (nSPS) is 11.7. The Hall–Kier alpha value is -2.02. The fourth-order valence-corrected chi connectivity index (χ4v) is 2.24. The number of nitriles is 1. The third kappa shape index (κ3) is 3.98. The molecule has 0 radical (unpaired) electrons. The van der Waals surface area contributed by atoms with E-state index in [4.69, 9.17) is 21.6 Å². The molecule has 2 aromatic carbocycles. The van der Waals surface area contributed by atoms with Gasteiger partial charge in [-0.2, -0.15) is 5.26 Å². The summed E-state index contributed by atoms with van der Waals surface area (Å²) in [7, 11) is 1.63. The minimum atomic E-state index is 0.178. The van der Waals surface area contributed by atoms with Crippen molar-refractivity contribution in [2.45, 2.75) is 19.5 Å². The van der Waals surface area contributed by atoms with Gasteiger partial charge in [0.25, 0.3) is 0 Å². The van der Waals surface area contributed by atoms with Gasteiger partial charge in [-0.3, -0.25) is 0 Å². The molecule has 0 fully saturated rings. The molecule has 4 heteroatoms. The molecule has 3 nitrogen and oxygen atoms in total. The quantitative estimate of drug-likeness (QED) is 0.905. The molecule has 0 bridgehead atoms. The van der Waals surface area contributed by atoms with Crippen LogP contribution in [0.25, 0.3) is 0 Å². The molecule has 0 spiro atoms. The lowest BCUT2D eigenvalue weighted by atomic mass is 10.1. The molecule has 1 atom stereocenters. The van der Waals surface area contributed by atoms with Crippen molar-refractivity contribution >= 4 is 11.6 Å². The van der Waals surface area contributed by atoms with E-state index in [9.17, 15) is 0 Å². The predicted molar refractivity (Wildman–Crippen MR) is 84.4 cm³/mol. The Morgan fingerprint density at radius 1 is 1.24 bits per heavy atom. The van der Waals surface area contributed by atoms with Crippen molar-refractivity contribution in [2.75, 3.05) is 7.11 Å². The van der Waals surface area contributed by atoms with Gasteiger partial charge in [0.1, 0.15) is 5.75 Å². The van der Waals surface area contributed by atoms with Crippen LogP contribution in [0.3, 0.4) is 0 Å². The molecule has 0 heterocycles. The Bertz CT molecular complexity index is 647. The first-order valence-electron chi connectivity index (χ1n) is 6.70. The second kappa shape index (κ2) is 7.12. The number of hydrogen-bond acceptors (Lipinski definition) is 3. The van der Waals surface area contributed by atoms with E-state index in [1.807, 2.05) is 36.4 Å². The van der Waals surface area contributed by atoms with E-state index in [0.717, 1.165) is 21.9 Å². The third-order valence-corrected chi connectivity index (χ3v) is 3.63. The Labute approximate surface area is 130 Å². The molecule has 0 amide bonds. The maximum Gasteiger partial charge on any atom is 0.123 e. The summed E-state index contributed by atoms with van der Waals surface area (Å²) in [6, 6.07) is 15.5. The molecule has 1 N–H and O–H groups in total. The van der Waals surface area contributed by atoms with Gasteiger partial charge in [-0.25, -0.2) is 0 Å². The fraction of sp³-hybridized carbons (Fsp3) is 0.235. The lowest BCUT2D eigenvalue weighted by Crippen LogP contribution is -2.18. The minimum absolute atomic E-state index is 0.178. The number of methoxy groups -OCH3 is 1. The smallest absolute Gasteiger partial charge is 0.123 e. The summed E-state index contributed by atoms with van der Waals surface area (Å²) in [6.45, 7) is 2.71. The Morgan fingerprint density at radius 3 is 2.57 bits per heavy atom. The molecule has 0 saturated heterocycles. The van der Waals surface area contributed by atoms with Gasteiger partial charge in [-0.05, 0) is 42.8 Å². The van der Waals surface area contributed by atoms with Crippen molar-refractivity contribution < 1.29 is 4.74 Å². The van der Waals surface area contributed by atoms with Gasteiger partial charge in [-0.15, -0.1) is 0 Å². The summed E-state index contributed by atoms with van der Waals surface area (Å²) in [5.74, 6) is 0.782. The number of ether oxygens (including phenoxy) is 1. The summed E-state index contributed by atoms with van der Waals surface area (Å²) in [5, 5.41) is 13.1. The lowest BCUT2D eigenvalue weighted by Gasteiger charge is -2.16. The highest BCUT2D eigenvalue weighted by Crippen LogP contribution is 2.21. The summed E-state index contributed by atoms with van der Waals surface area (Å²) < 4.78 is 5.33. The number of halogens is 1. The van der Waals surface area contributed by atoms with Crippen molar-refractivity contribution in [3.8, 4) is 11.8 Å². The van der Waals surface area contributed by atoms with Gasteiger partial charge >= 0.3 is 0 Å². The summed E-state index contributed by atoms with van der Waals surface area (Å²) in [5.41, 5.74) is 2.76. The van der Waals surface area contributed by atoms with Crippen LogP contribution >= 0.6 is 11.6 Å². The SMILES string of the molecule is COc1ccc(C#N)cc1CNC(C)c1ccc(Cl)cc1. The fourth-order valence-electron chi connectivity index (χ4n) is 2.12. The number of nitrogens with zero attached hydrogens (tertiary/aromatic N) is 1. The third-order valence-electron chi connectivity index (χ3n) is 3.38. The van der Waals surface area contributed by atoms with Gasteiger partial charge in [-0.1, -0.05) is 23.7 Å². The average molecular weight is 301 g/mol. The first kappa shape index (κ1) is 15.4. The van der Waals surface area contributed by atoms with Crippen LogP contribution in [0.2, 0.25) is 5.02 Å². The van der Waals surface area contributed by atoms with Crippen LogP contribution in [-0.4, -0.2) is 7.11 Å². The number of nitrogens with one attached hydrogen (secondary N) is 1. The highest BCUT2D eigenvalue weighted by Gasteiger charge is 2.08. The highest BCUT2D eigenvalue weighted by atomic mass is 35.5. The van der Waals surface area contributed by atoms with Gasteiger partial charge in [0.05, 0.1) is 18.7 Å². The molecule has 0 saturated carbocycles. The number of benzene rings is 2. The van der Waals surface area contributed by atoms with Crippen molar-refractivity contribution in [3.05, 3.63) is 64.2 Å². The Kier molecular flexibility index (Phi) is 5.21. The first-order chi connectivity index (χ1) is 10.1. The number of rotatable bonds is 5. The molecule has 0 aliphatic rings. The summed E-state index contributed by atoms with van der Waals surface area (Å²) in [6.07, 6.45) is 0. The van der Waals surface area contributed by atoms with Crippen LogP contribution in [0.15, 0.2) is 42.5 Å². The first-order valence-corrected chi connectivity index (χ1v) is 7.07. The predicted octanol–water partition coefficient (Wildman–Crippen LogP) is 4.07. The molecule has 0 aliphatic carbocycles. The molecule has 2 aromatic rings. The van der Waals surface area contributed by atoms with Crippen LogP contribution in [0, 0.1) is 11.3 Å². The minimum Gasteiger partial charge on any atom is -0.496 e. The zero-order chi connectivity index (χ0) is 15.2. The van der Waals surface area contributed by atoms with Crippen molar-refractivity contribution in [2.24, 2.45) is 0 Å². The van der Waals surface area contributed by atoms with Crippen LogP contribution in [0.4, 0.5) is 0 Å². The topological polar surface area (TPSA) is 45.0 Å². The number of hydrogen-bond donors (Lipinski definition) is 1. The van der Waals surface area contributed by atoms with Crippen LogP contribution in [0.5, 0.6) is 5.75 Å². The van der Waals surface area contributed by atoms with Crippen LogP contribution in [0.1, 0.15) is 29.7 Å². The van der Waals surface area contributed by atoms with Gasteiger partial charge in [0, 0.05) is 23.2 Å². The van der Waals surface area contributed by atoms with E-state index in [-0.39, 0.29) is 6.04 Å². The highest BCUT2D eigenvalue weighted by molar-refractivity contribution is 6.30. The Morgan fingerprint density at radius 2 is 1.95 bits per heavy atom. The van der Waals surface area contributed by atoms with Crippen molar-refractivity contribution in [1.82, 2.24) is 5.32 Å². The maximum atomic E-state index is 8.98. The van der Waals surface area contributed by atoms with E-state index in [2.05, 4.69) is 18.3 Å². The standard InChI is InChI=1S/C17H17ClN2O/c1-12(14-4-6-16(18)7-5-14)20-11-15-9-13(10-19)3-8-17(15)21-2/h3-9,12,20H,11H2,1-2H3. The van der Waals surface area contributed by atoms with Crippen molar-refractivity contribution in [3.63, 3.8) is 0 Å². The van der Waals surface area contributed by atoms with E-state index in [1.54, 1.807) is 13.2 Å². The van der Waals surface area contributed by atoms with E-state index in [1.165, 1.54) is 0 Å². The lowest BCUT2D eigenvalue weighted by molar-refractivity contribution is 0.406. The largest absolute Gasteiger partial charge is 0.496 e. The van der Waals surface area contributed by atoms with Gasteiger partial charge in [0.2, 0.25) is 0 Å². The van der Waals surface area contributed by atoms with Crippen molar-refractivity contribution in [1.29, 1.82) is 5.26 Å². The molecule has 2 rings (SSSR count). The van der Waals surface area contributed by atoms with E-state index < -0.39 is 0 Å². The van der Waals surface area contributed by atoms with Crippen LogP contribution < -0.4 is 10.1 Å². The Balaban J connectivity index is 2.08. The average Bonchev–Trinajstić information content (AvgIpc) is 2.52. The zero-order valence-electron chi connectivity index (χ0n) is 12.1. The van der Waals surface area contributed by atoms with Gasteiger partial charge in [0.15, 0.2) is 0 Å². The zero-order valence-corrected chi connectivity index (χ0v) is 12.8. The summed E-state index contributed by atoms with van der Waals surface area (Å²) >= 11 is 5.89. The molecular formula is C17H17ClN2O. The van der Waals surface area contributed by atoms with Crippen LogP contribution in [-0.2, 0) is 6.54 Å². The molecule has 0 aromatic heterocycles. The second-order valence-electron chi connectivity index (χ2n) is 4.79. The molecule has 21 heavy (non-hydrogen) atoms. The molecule has 108 valence electrons. The second-order valence-corrected chi connectivity index (χ2v) is 5.23. The monoisotopic (exact) mass is 300 g/mol. The molecule has 1 unspecified atom stereocenters. The molecule has 0 aliphatic heterocycles. The summed E-state index contributed by atoms with van der Waals surface area (Å²) in [4.78, 5) is 0. The molecular weight excluding hydrogens is 284 g/mol. The van der Waals surface area contributed by atoms with E-state index >= 15 is 0 Å². The van der Waals surface area contributed by atoms with Gasteiger partial charge < -0.3 is 10.1 Å².